The predicted molar refractivity (Wildman–Crippen MR) is 107 cm³/mol. The maximum absolute atomic E-state index is 12.2. The molecule has 1 aliphatic heterocycles. The summed E-state index contributed by atoms with van der Waals surface area (Å²) >= 11 is 0. The number of piperidine rings is 1. The summed E-state index contributed by atoms with van der Waals surface area (Å²) in [6, 6.07) is 13.8. The van der Waals surface area contributed by atoms with Crippen molar-refractivity contribution in [3.8, 4) is 0 Å². The lowest BCUT2D eigenvalue weighted by atomic mass is 10.0. The normalized spacial score (nSPS) is 16.6. The molecule has 1 saturated heterocycles. The molecule has 6 nitrogen and oxygen atoms in total. The second-order valence-corrected chi connectivity index (χ2v) is 7.18. The molecule has 1 atom stereocenters. The van der Waals surface area contributed by atoms with Crippen LogP contribution in [0.3, 0.4) is 0 Å². The number of hydrogen-bond acceptors (Lipinski definition) is 4. The highest BCUT2D eigenvalue weighted by molar-refractivity contribution is 5.91. The first-order valence-electron chi connectivity index (χ1n) is 9.73. The number of amides is 2. The van der Waals surface area contributed by atoms with Gasteiger partial charge < -0.3 is 15.0 Å². The number of fused-ring (bicyclic) bond motifs is 1. The van der Waals surface area contributed by atoms with E-state index in [1.54, 1.807) is 4.90 Å². The lowest BCUT2D eigenvalue weighted by molar-refractivity contribution is -0.153. The maximum Gasteiger partial charge on any atom is 0.325 e. The molecule has 0 aromatic heterocycles. The van der Waals surface area contributed by atoms with Crippen LogP contribution < -0.4 is 5.32 Å². The fourth-order valence-corrected chi connectivity index (χ4v) is 3.60. The molecule has 0 unspecified atom stereocenters. The minimum Gasteiger partial charge on any atom is -0.454 e. The molecule has 1 fully saturated rings. The molecule has 0 saturated carbocycles. The number of likely N-dealkylation sites (tertiary alicyclic amines) is 1. The van der Waals surface area contributed by atoms with Crippen molar-refractivity contribution >= 4 is 28.6 Å². The minimum atomic E-state index is -0.607. The van der Waals surface area contributed by atoms with Gasteiger partial charge in [0.25, 0.3) is 5.91 Å². The number of hydrogen-bond donors (Lipinski definition) is 1. The van der Waals surface area contributed by atoms with Gasteiger partial charge >= 0.3 is 5.97 Å². The summed E-state index contributed by atoms with van der Waals surface area (Å²) in [6.45, 7) is 2.19. The number of carbonyl (C=O) groups excluding carboxylic acids is 3. The largest absolute Gasteiger partial charge is 0.454 e. The Labute approximate surface area is 164 Å². The van der Waals surface area contributed by atoms with Gasteiger partial charge in [-0.2, -0.15) is 0 Å². The average molecular weight is 382 g/mol. The average Bonchev–Trinajstić information content (AvgIpc) is 2.71. The zero-order chi connectivity index (χ0) is 19.9. The van der Waals surface area contributed by atoms with E-state index in [-0.39, 0.29) is 37.4 Å². The summed E-state index contributed by atoms with van der Waals surface area (Å²) < 4.78 is 5.03. The Balaban J connectivity index is 1.44. The molecule has 0 bridgehead atoms. The van der Waals surface area contributed by atoms with Gasteiger partial charge in [-0.1, -0.05) is 42.5 Å². The molecular formula is C22H26N2O4. The molecule has 2 amide bonds. The van der Waals surface area contributed by atoms with Gasteiger partial charge in [-0.25, -0.2) is 0 Å². The van der Waals surface area contributed by atoms with Crippen molar-refractivity contribution in [3.05, 3.63) is 48.0 Å². The Kier molecular flexibility index (Phi) is 6.63. The number of nitrogens with one attached hydrogen (secondary N) is 1. The van der Waals surface area contributed by atoms with E-state index in [0.717, 1.165) is 35.6 Å². The number of carbonyl (C=O) groups is 3. The summed E-state index contributed by atoms with van der Waals surface area (Å²) in [5.74, 6) is -1.05. The highest BCUT2D eigenvalue weighted by Crippen LogP contribution is 2.19. The van der Waals surface area contributed by atoms with Gasteiger partial charge in [0.1, 0.15) is 6.54 Å². The molecule has 0 spiro atoms. The molecule has 1 heterocycles. The van der Waals surface area contributed by atoms with Crippen LogP contribution in [0.4, 0.5) is 0 Å². The van der Waals surface area contributed by atoms with Gasteiger partial charge in [0.2, 0.25) is 5.91 Å². The van der Waals surface area contributed by atoms with Crippen LogP contribution in [0.2, 0.25) is 0 Å². The number of nitrogens with zero attached hydrogens (tertiary/aromatic N) is 1. The summed E-state index contributed by atoms with van der Waals surface area (Å²) in [5, 5.41) is 4.65. The molecule has 0 radical (unpaired) electrons. The third kappa shape index (κ3) is 5.09. The Morgan fingerprint density at radius 1 is 1.11 bits per heavy atom. The summed E-state index contributed by atoms with van der Waals surface area (Å²) in [5.41, 5.74) is 0.901. The molecule has 1 N–H and O–H groups in total. The Morgan fingerprint density at radius 2 is 1.89 bits per heavy atom. The molecule has 3 rings (SSSR count). The van der Waals surface area contributed by atoms with Crippen molar-refractivity contribution in [2.75, 3.05) is 19.7 Å². The van der Waals surface area contributed by atoms with Gasteiger partial charge in [0, 0.05) is 12.6 Å². The Morgan fingerprint density at radius 3 is 2.71 bits per heavy atom. The lowest BCUT2D eigenvalue weighted by Crippen LogP contribution is -2.44. The van der Waals surface area contributed by atoms with Gasteiger partial charge in [0.15, 0.2) is 6.61 Å². The number of esters is 1. The van der Waals surface area contributed by atoms with Crippen LogP contribution in [0, 0.1) is 0 Å². The summed E-state index contributed by atoms with van der Waals surface area (Å²) in [4.78, 5) is 38.0. The highest BCUT2D eigenvalue weighted by atomic mass is 16.5. The zero-order valence-electron chi connectivity index (χ0n) is 16.1. The van der Waals surface area contributed by atoms with Crippen LogP contribution in [-0.4, -0.2) is 48.4 Å². The first kappa shape index (κ1) is 19.9. The van der Waals surface area contributed by atoms with Crippen LogP contribution in [0.5, 0.6) is 0 Å². The summed E-state index contributed by atoms with van der Waals surface area (Å²) in [7, 11) is 0. The monoisotopic (exact) mass is 382 g/mol. The van der Waals surface area contributed by atoms with Crippen molar-refractivity contribution in [1.82, 2.24) is 10.2 Å². The Hall–Kier alpha value is -2.89. The van der Waals surface area contributed by atoms with E-state index in [2.05, 4.69) is 5.32 Å². The quantitative estimate of drug-likeness (QED) is 0.779. The second-order valence-electron chi connectivity index (χ2n) is 7.18. The van der Waals surface area contributed by atoms with E-state index < -0.39 is 5.97 Å². The van der Waals surface area contributed by atoms with Crippen molar-refractivity contribution in [2.24, 2.45) is 0 Å². The van der Waals surface area contributed by atoms with E-state index in [1.165, 1.54) is 0 Å². The molecule has 2 aromatic rings. The fraction of sp³-hybridized carbons (Fsp3) is 0.409. The molecule has 2 aromatic carbocycles. The first-order chi connectivity index (χ1) is 13.5. The molecule has 148 valence electrons. The van der Waals surface area contributed by atoms with Gasteiger partial charge in [-0.05, 0) is 42.5 Å². The van der Waals surface area contributed by atoms with Crippen molar-refractivity contribution in [3.63, 3.8) is 0 Å². The number of ether oxygens (including phenoxy) is 1. The van der Waals surface area contributed by atoms with E-state index >= 15 is 0 Å². The predicted octanol–water partition coefficient (Wildman–Crippen LogP) is 2.44. The Bertz CT molecular complexity index is 859. The lowest BCUT2D eigenvalue weighted by Gasteiger charge is -2.33. The third-order valence-corrected chi connectivity index (χ3v) is 5.14. The number of benzene rings is 2. The molecule has 0 aliphatic carbocycles. The van der Waals surface area contributed by atoms with Crippen LogP contribution in [0.15, 0.2) is 42.5 Å². The van der Waals surface area contributed by atoms with Crippen molar-refractivity contribution < 1.29 is 19.1 Å². The highest BCUT2D eigenvalue weighted by Gasteiger charge is 2.23. The third-order valence-electron chi connectivity index (χ3n) is 5.14. The van der Waals surface area contributed by atoms with E-state index in [1.807, 2.05) is 49.4 Å². The fourth-order valence-electron chi connectivity index (χ4n) is 3.60. The molecule has 6 heteroatoms. The van der Waals surface area contributed by atoms with Crippen LogP contribution >= 0.6 is 0 Å². The van der Waals surface area contributed by atoms with Gasteiger partial charge in [-0.3, -0.25) is 14.4 Å². The van der Waals surface area contributed by atoms with Crippen LogP contribution in [0.1, 0.15) is 31.7 Å². The molecular weight excluding hydrogens is 356 g/mol. The second kappa shape index (κ2) is 9.35. The topological polar surface area (TPSA) is 75.7 Å². The minimum absolute atomic E-state index is 0.178. The van der Waals surface area contributed by atoms with E-state index in [0.29, 0.717) is 6.54 Å². The van der Waals surface area contributed by atoms with Crippen molar-refractivity contribution in [2.45, 2.75) is 38.6 Å². The standard InChI is InChI=1S/C22H26N2O4/c1-16-7-4-5-12-24(16)21(26)15-28-22(27)14-23-20(25)13-18-10-6-9-17-8-2-3-11-19(17)18/h2-3,6,8-11,16H,4-5,7,12-15H2,1H3,(H,23,25)/t16-/m1/s1. The van der Waals surface area contributed by atoms with Gasteiger partial charge in [-0.15, -0.1) is 0 Å². The summed E-state index contributed by atoms with van der Waals surface area (Å²) in [6.07, 6.45) is 3.25. The van der Waals surface area contributed by atoms with Crippen molar-refractivity contribution in [1.29, 1.82) is 0 Å². The maximum atomic E-state index is 12.2. The smallest absolute Gasteiger partial charge is 0.325 e. The zero-order valence-corrected chi connectivity index (χ0v) is 16.1. The molecule has 1 aliphatic rings. The van der Waals surface area contributed by atoms with E-state index in [9.17, 15) is 14.4 Å². The SMILES string of the molecule is C[C@@H]1CCCCN1C(=O)COC(=O)CNC(=O)Cc1cccc2ccccc12. The van der Waals surface area contributed by atoms with Gasteiger partial charge in [0.05, 0.1) is 6.42 Å². The van der Waals surface area contributed by atoms with E-state index in [4.69, 9.17) is 4.74 Å². The van der Waals surface area contributed by atoms with Crippen LogP contribution in [0.25, 0.3) is 10.8 Å². The van der Waals surface area contributed by atoms with Crippen LogP contribution in [-0.2, 0) is 25.5 Å². The molecule has 28 heavy (non-hydrogen) atoms. The first-order valence-corrected chi connectivity index (χ1v) is 9.73. The number of rotatable bonds is 6.